The summed E-state index contributed by atoms with van der Waals surface area (Å²) in [6.07, 6.45) is 2.88. The highest BCUT2D eigenvalue weighted by Gasteiger charge is 2.17. The largest absolute Gasteiger partial charge is 0.286 e. The van der Waals surface area contributed by atoms with Gasteiger partial charge in [-0.2, -0.15) is 5.21 Å². The molecule has 0 saturated heterocycles. The van der Waals surface area contributed by atoms with E-state index in [0.717, 1.165) is 5.69 Å². The van der Waals surface area contributed by atoms with Crippen molar-refractivity contribution in [3.63, 3.8) is 0 Å². The van der Waals surface area contributed by atoms with E-state index in [1.165, 1.54) is 28.1 Å². The first-order valence-corrected chi connectivity index (χ1v) is 8.68. The Hall–Kier alpha value is -3.27. The molecule has 4 rings (SSSR count). The number of rotatable bonds is 4. The van der Waals surface area contributed by atoms with Crippen molar-refractivity contribution >= 4 is 22.8 Å². The summed E-state index contributed by atoms with van der Waals surface area (Å²) in [5.41, 5.74) is 1.55. The lowest BCUT2D eigenvalue weighted by atomic mass is 10.1. The smallest absolute Gasteiger partial charge is 0.269 e. The molecule has 0 unspecified atom stereocenters. The van der Waals surface area contributed by atoms with Crippen molar-refractivity contribution in [3.05, 3.63) is 56.5 Å². The van der Waals surface area contributed by atoms with E-state index in [4.69, 9.17) is 0 Å². The number of H-pyrrole nitrogens is 1. The zero-order chi connectivity index (χ0) is 18.3. The van der Waals surface area contributed by atoms with Gasteiger partial charge in [0.2, 0.25) is 11.6 Å². The van der Waals surface area contributed by atoms with Gasteiger partial charge in [0.25, 0.3) is 5.56 Å². The molecule has 9 nitrogen and oxygen atoms in total. The van der Waals surface area contributed by atoms with Crippen LogP contribution in [0.3, 0.4) is 0 Å². The standard InChI is InChI=1S/C16H13N7O2S/c1-8(2)11-7-26-15(18-11)13(24)9-3-4-23-12(5-9)17-6-10(16(23)25)14-19-21-22-20-14/h3-8H,1-2H3,(H,19,20,21,22). The summed E-state index contributed by atoms with van der Waals surface area (Å²) in [5, 5.41) is 15.6. The number of nitrogens with zero attached hydrogens (tertiary/aromatic N) is 6. The summed E-state index contributed by atoms with van der Waals surface area (Å²) in [5.74, 6) is 0.232. The van der Waals surface area contributed by atoms with Crippen molar-refractivity contribution in [1.82, 2.24) is 35.0 Å². The van der Waals surface area contributed by atoms with Gasteiger partial charge < -0.3 is 0 Å². The fourth-order valence-electron chi connectivity index (χ4n) is 2.42. The third-order valence-electron chi connectivity index (χ3n) is 3.87. The fourth-order valence-corrected chi connectivity index (χ4v) is 3.36. The van der Waals surface area contributed by atoms with Gasteiger partial charge in [-0.25, -0.2) is 9.97 Å². The second kappa shape index (κ2) is 6.23. The van der Waals surface area contributed by atoms with E-state index in [1.807, 2.05) is 19.2 Å². The molecular formula is C16H13N7O2S. The van der Waals surface area contributed by atoms with E-state index in [-0.39, 0.29) is 28.6 Å². The van der Waals surface area contributed by atoms with Gasteiger partial charge >= 0.3 is 0 Å². The summed E-state index contributed by atoms with van der Waals surface area (Å²) < 4.78 is 1.34. The van der Waals surface area contributed by atoms with Crippen molar-refractivity contribution < 1.29 is 4.79 Å². The van der Waals surface area contributed by atoms with Crippen LogP contribution in [0.15, 0.2) is 34.7 Å². The minimum atomic E-state index is -0.341. The zero-order valence-corrected chi connectivity index (χ0v) is 14.7. The lowest BCUT2D eigenvalue weighted by Crippen LogP contribution is -2.18. The summed E-state index contributed by atoms with van der Waals surface area (Å²) in [6, 6.07) is 3.15. The number of thiazole rings is 1. The summed E-state index contributed by atoms with van der Waals surface area (Å²) >= 11 is 1.31. The number of aromatic nitrogens is 7. The lowest BCUT2D eigenvalue weighted by molar-refractivity contribution is 0.103. The molecule has 0 aliphatic heterocycles. The second-order valence-electron chi connectivity index (χ2n) is 5.92. The first-order valence-electron chi connectivity index (χ1n) is 7.80. The predicted molar refractivity (Wildman–Crippen MR) is 94.3 cm³/mol. The average Bonchev–Trinajstić information content (AvgIpc) is 3.33. The van der Waals surface area contributed by atoms with Gasteiger partial charge in [0, 0.05) is 23.3 Å². The second-order valence-corrected chi connectivity index (χ2v) is 6.78. The zero-order valence-electron chi connectivity index (χ0n) is 13.9. The Balaban J connectivity index is 1.75. The molecule has 10 heteroatoms. The molecule has 4 heterocycles. The molecule has 0 amide bonds. The molecule has 0 fully saturated rings. The molecule has 0 atom stereocenters. The van der Waals surface area contributed by atoms with Crippen LogP contribution in [-0.4, -0.2) is 40.8 Å². The van der Waals surface area contributed by atoms with E-state index >= 15 is 0 Å². The molecular weight excluding hydrogens is 354 g/mol. The van der Waals surface area contributed by atoms with E-state index < -0.39 is 0 Å². The number of nitrogens with one attached hydrogen (secondary N) is 1. The predicted octanol–water partition coefficient (Wildman–Crippen LogP) is 1.69. The number of ketones is 1. The Bertz CT molecular complexity index is 1160. The molecule has 0 bridgehead atoms. The van der Waals surface area contributed by atoms with Crippen LogP contribution in [0, 0.1) is 0 Å². The number of pyridine rings is 1. The van der Waals surface area contributed by atoms with Crippen LogP contribution in [0.25, 0.3) is 17.0 Å². The van der Waals surface area contributed by atoms with Crippen LogP contribution in [0.1, 0.15) is 40.8 Å². The molecule has 0 radical (unpaired) electrons. The van der Waals surface area contributed by atoms with Crippen LogP contribution < -0.4 is 5.56 Å². The lowest BCUT2D eigenvalue weighted by Gasteiger charge is -2.04. The number of hydrogen-bond donors (Lipinski definition) is 1. The molecule has 26 heavy (non-hydrogen) atoms. The maximum atomic E-state index is 12.7. The van der Waals surface area contributed by atoms with Crippen molar-refractivity contribution in [3.8, 4) is 11.4 Å². The third kappa shape index (κ3) is 2.69. The van der Waals surface area contributed by atoms with Gasteiger partial charge in [-0.05, 0) is 23.3 Å². The minimum Gasteiger partial charge on any atom is -0.286 e. The molecule has 0 aliphatic rings. The van der Waals surface area contributed by atoms with E-state index in [1.54, 1.807) is 12.1 Å². The number of fused-ring (bicyclic) bond motifs is 1. The summed E-state index contributed by atoms with van der Waals surface area (Å²) in [4.78, 5) is 33.9. The highest BCUT2D eigenvalue weighted by atomic mass is 32.1. The summed E-state index contributed by atoms with van der Waals surface area (Å²) in [6.45, 7) is 4.05. The number of carbonyl (C=O) groups excluding carboxylic acids is 1. The number of hydrogen-bond acceptors (Lipinski definition) is 8. The molecule has 130 valence electrons. The number of carbonyl (C=O) groups is 1. The van der Waals surface area contributed by atoms with Crippen molar-refractivity contribution in [2.75, 3.05) is 0 Å². The van der Waals surface area contributed by atoms with Gasteiger partial charge in [0.05, 0.1) is 5.69 Å². The monoisotopic (exact) mass is 367 g/mol. The first-order chi connectivity index (χ1) is 12.5. The highest BCUT2D eigenvalue weighted by molar-refractivity contribution is 7.12. The number of aromatic amines is 1. The first kappa shape index (κ1) is 16.2. The SMILES string of the molecule is CC(C)c1csc(C(=O)c2ccn3c(=O)c(-c4nn[nH]n4)cnc3c2)n1. The Morgan fingerprint density at radius 3 is 2.88 bits per heavy atom. The average molecular weight is 367 g/mol. The fraction of sp³-hybridized carbons (Fsp3) is 0.188. The Morgan fingerprint density at radius 1 is 1.35 bits per heavy atom. The van der Waals surface area contributed by atoms with Gasteiger partial charge in [0.15, 0.2) is 5.01 Å². The molecule has 4 aromatic rings. The normalized spacial score (nSPS) is 11.3. The number of tetrazole rings is 1. The van der Waals surface area contributed by atoms with Crippen LogP contribution in [0.2, 0.25) is 0 Å². The topological polar surface area (TPSA) is 119 Å². The molecule has 0 saturated carbocycles. The van der Waals surface area contributed by atoms with Gasteiger partial charge in [-0.1, -0.05) is 13.8 Å². The van der Waals surface area contributed by atoms with Crippen molar-refractivity contribution in [1.29, 1.82) is 0 Å². The molecule has 1 N–H and O–H groups in total. The summed E-state index contributed by atoms with van der Waals surface area (Å²) in [7, 11) is 0. The van der Waals surface area contributed by atoms with Gasteiger partial charge in [0.1, 0.15) is 11.2 Å². The molecule has 0 spiro atoms. The van der Waals surface area contributed by atoms with Crippen molar-refractivity contribution in [2.24, 2.45) is 0 Å². The van der Waals surface area contributed by atoms with E-state index in [0.29, 0.717) is 16.2 Å². The van der Waals surface area contributed by atoms with Crippen LogP contribution >= 0.6 is 11.3 Å². The van der Waals surface area contributed by atoms with Gasteiger partial charge in [-0.15, -0.1) is 21.5 Å². The van der Waals surface area contributed by atoms with E-state index in [2.05, 4.69) is 30.6 Å². The van der Waals surface area contributed by atoms with Crippen molar-refractivity contribution in [2.45, 2.75) is 19.8 Å². The third-order valence-corrected chi connectivity index (χ3v) is 4.73. The molecule has 0 aromatic carbocycles. The Morgan fingerprint density at radius 2 is 2.19 bits per heavy atom. The van der Waals surface area contributed by atoms with Crippen LogP contribution in [-0.2, 0) is 0 Å². The van der Waals surface area contributed by atoms with E-state index in [9.17, 15) is 9.59 Å². The van der Waals surface area contributed by atoms with Crippen LogP contribution in [0.5, 0.6) is 0 Å². The Kier molecular flexibility index (Phi) is 3.88. The quantitative estimate of drug-likeness (QED) is 0.545. The molecule has 4 aromatic heterocycles. The van der Waals surface area contributed by atoms with Gasteiger partial charge in [-0.3, -0.25) is 14.0 Å². The molecule has 0 aliphatic carbocycles. The highest BCUT2D eigenvalue weighted by Crippen LogP contribution is 2.20. The maximum absolute atomic E-state index is 12.7. The maximum Gasteiger partial charge on any atom is 0.269 e. The van der Waals surface area contributed by atoms with Crippen LogP contribution in [0.4, 0.5) is 0 Å². The Labute approximate surface area is 150 Å². The minimum absolute atomic E-state index is 0.168.